The van der Waals surface area contributed by atoms with E-state index in [2.05, 4.69) is 0 Å². The molecule has 0 unspecified atom stereocenters. The number of carbonyl (C=O) groups is 3. The van der Waals surface area contributed by atoms with Gasteiger partial charge in [-0.2, -0.15) is 0 Å². The predicted octanol–water partition coefficient (Wildman–Crippen LogP) is 3.00. The molecule has 0 spiro atoms. The number of aliphatic carboxylic acids is 1. The minimum atomic E-state index is -2.00. The van der Waals surface area contributed by atoms with Crippen LogP contribution in [0.2, 0.25) is 0 Å². The first-order valence-corrected chi connectivity index (χ1v) is 12.0. The molecule has 3 rings (SSSR count). The fourth-order valence-electron chi connectivity index (χ4n) is 3.59. The molecule has 0 bridgehead atoms. The van der Waals surface area contributed by atoms with Crippen molar-refractivity contribution in [2.24, 2.45) is 0 Å². The van der Waals surface area contributed by atoms with Crippen LogP contribution in [0.3, 0.4) is 0 Å². The number of hydrogen-bond donors (Lipinski definition) is 1. The summed E-state index contributed by atoms with van der Waals surface area (Å²) in [6.45, 7) is 10.8. The van der Waals surface area contributed by atoms with Crippen LogP contribution < -0.4 is 19.7 Å². The summed E-state index contributed by atoms with van der Waals surface area (Å²) in [5.41, 5.74) is 0.292. The van der Waals surface area contributed by atoms with Crippen LogP contribution in [-0.2, 0) is 23.6 Å². The standard InChI is InChI=1S/C26H31BO10/c1-14(2)32-18-11-8-7-10-17(18)27-36-23(26(31)37-27)22(24(28)29)35-25(30)21-19(33-15(3)4)12-9-13-20(21)34-16(5)6/h7-16,22-23H,1-6H3,(H,28,29)/t22-,23-/m1/s1. The van der Waals surface area contributed by atoms with Gasteiger partial charge in [0.05, 0.1) is 18.3 Å². The van der Waals surface area contributed by atoms with Crippen molar-refractivity contribution < 1.29 is 47.7 Å². The summed E-state index contributed by atoms with van der Waals surface area (Å²) in [6, 6.07) is 11.5. The van der Waals surface area contributed by atoms with Crippen LogP contribution in [0.1, 0.15) is 51.9 Å². The molecule has 0 aliphatic carbocycles. The molecule has 1 heterocycles. The van der Waals surface area contributed by atoms with Crippen molar-refractivity contribution in [3.63, 3.8) is 0 Å². The first-order valence-electron chi connectivity index (χ1n) is 12.0. The van der Waals surface area contributed by atoms with Gasteiger partial charge in [-0.05, 0) is 59.7 Å². The van der Waals surface area contributed by atoms with Gasteiger partial charge in [0, 0.05) is 5.46 Å². The lowest BCUT2D eigenvalue weighted by Crippen LogP contribution is -2.43. The molecule has 1 aliphatic rings. The van der Waals surface area contributed by atoms with Crippen LogP contribution in [-0.4, -0.2) is 60.7 Å². The highest BCUT2D eigenvalue weighted by atomic mass is 16.7. The van der Waals surface area contributed by atoms with Crippen molar-refractivity contribution in [3.8, 4) is 17.2 Å². The molecule has 0 saturated carbocycles. The first kappa shape index (κ1) is 27.9. The SMILES string of the molecule is CC(C)Oc1ccccc1B1OC(=O)[C@@H]([C@@H](OC(=O)c2c(OC(C)C)cccc2OC(C)C)C(=O)O)O1. The molecule has 1 saturated heterocycles. The molecule has 11 heteroatoms. The van der Waals surface area contributed by atoms with Gasteiger partial charge in [-0.1, -0.05) is 24.3 Å². The van der Waals surface area contributed by atoms with E-state index >= 15 is 0 Å². The van der Waals surface area contributed by atoms with E-state index < -0.39 is 37.2 Å². The average Bonchev–Trinajstić information content (AvgIpc) is 3.17. The van der Waals surface area contributed by atoms with Gasteiger partial charge in [0.2, 0.25) is 6.10 Å². The lowest BCUT2D eigenvalue weighted by molar-refractivity contribution is -0.158. The van der Waals surface area contributed by atoms with Gasteiger partial charge < -0.3 is 33.4 Å². The number of carboxylic acids is 1. The van der Waals surface area contributed by atoms with Gasteiger partial charge in [-0.15, -0.1) is 0 Å². The van der Waals surface area contributed by atoms with E-state index in [-0.39, 0.29) is 35.4 Å². The fourth-order valence-corrected chi connectivity index (χ4v) is 3.59. The number of para-hydroxylation sites is 1. The van der Waals surface area contributed by atoms with Crippen LogP contribution in [0.25, 0.3) is 0 Å². The molecule has 0 aromatic heterocycles. The average molecular weight is 514 g/mol. The summed E-state index contributed by atoms with van der Waals surface area (Å²) in [5.74, 6) is -2.92. The predicted molar refractivity (Wildman–Crippen MR) is 133 cm³/mol. The Morgan fingerprint density at radius 2 is 1.35 bits per heavy atom. The zero-order valence-electron chi connectivity index (χ0n) is 21.6. The topological polar surface area (TPSA) is 127 Å². The number of carbonyl (C=O) groups excluding carboxylic acids is 2. The smallest absolute Gasteiger partial charge is 0.504 e. The lowest BCUT2D eigenvalue weighted by Gasteiger charge is -2.21. The second-order valence-electron chi connectivity index (χ2n) is 9.16. The van der Waals surface area contributed by atoms with Crippen molar-refractivity contribution in [2.75, 3.05) is 0 Å². The Bertz CT molecular complexity index is 1100. The number of carboxylic acid groups (broad SMARTS) is 1. The van der Waals surface area contributed by atoms with Crippen molar-refractivity contribution in [3.05, 3.63) is 48.0 Å². The van der Waals surface area contributed by atoms with E-state index in [1.807, 2.05) is 13.8 Å². The summed E-state index contributed by atoms with van der Waals surface area (Å²) in [5, 5.41) is 9.85. The molecule has 2 atom stereocenters. The fraction of sp³-hybridized carbons (Fsp3) is 0.423. The maximum atomic E-state index is 13.3. The zero-order chi connectivity index (χ0) is 27.3. The summed E-state index contributed by atoms with van der Waals surface area (Å²) in [7, 11) is -1.25. The molecule has 2 aromatic carbocycles. The maximum Gasteiger partial charge on any atom is 0.569 e. The van der Waals surface area contributed by atoms with Gasteiger partial charge in [0.1, 0.15) is 22.8 Å². The number of benzene rings is 2. The van der Waals surface area contributed by atoms with Gasteiger partial charge in [-0.25, -0.2) is 9.59 Å². The molecule has 37 heavy (non-hydrogen) atoms. The summed E-state index contributed by atoms with van der Waals surface area (Å²) in [6.07, 6.45) is -4.47. The van der Waals surface area contributed by atoms with Gasteiger partial charge >= 0.3 is 25.0 Å². The molecule has 0 amide bonds. The first-order chi connectivity index (χ1) is 17.5. The van der Waals surface area contributed by atoms with Gasteiger partial charge in [-0.3, -0.25) is 4.79 Å². The van der Waals surface area contributed by atoms with Crippen LogP contribution >= 0.6 is 0 Å². The van der Waals surface area contributed by atoms with Gasteiger partial charge in [0.25, 0.3) is 0 Å². The Balaban J connectivity index is 1.89. The summed E-state index contributed by atoms with van der Waals surface area (Å²) in [4.78, 5) is 38.1. The Hall–Kier alpha value is -3.73. The van der Waals surface area contributed by atoms with E-state index in [9.17, 15) is 19.5 Å². The van der Waals surface area contributed by atoms with E-state index in [0.29, 0.717) is 11.2 Å². The molecule has 1 N–H and O–H groups in total. The minimum absolute atomic E-state index is 0.102. The Kier molecular flexibility index (Phi) is 9.04. The van der Waals surface area contributed by atoms with Crippen molar-refractivity contribution in [2.45, 2.75) is 72.1 Å². The second kappa shape index (κ2) is 12.0. The monoisotopic (exact) mass is 514 g/mol. The highest BCUT2D eigenvalue weighted by Gasteiger charge is 2.50. The number of esters is 1. The lowest BCUT2D eigenvalue weighted by atomic mass is 9.78. The zero-order valence-corrected chi connectivity index (χ0v) is 21.6. The van der Waals surface area contributed by atoms with Crippen molar-refractivity contribution in [1.29, 1.82) is 0 Å². The maximum absolute atomic E-state index is 13.3. The van der Waals surface area contributed by atoms with Crippen LogP contribution in [0.4, 0.5) is 0 Å². The number of hydrogen-bond acceptors (Lipinski definition) is 9. The van der Waals surface area contributed by atoms with Crippen molar-refractivity contribution in [1.82, 2.24) is 0 Å². The third-order valence-corrected chi connectivity index (χ3v) is 4.93. The highest BCUT2D eigenvalue weighted by Crippen LogP contribution is 2.32. The molecule has 1 fully saturated rings. The Morgan fingerprint density at radius 1 is 0.838 bits per heavy atom. The third kappa shape index (κ3) is 6.94. The van der Waals surface area contributed by atoms with E-state index in [1.165, 1.54) is 0 Å². The molecular weight excluding hydrogens is 483 g/mol. The Morgan fingerprint density at radius 3 is 1.89 bits per heavy atom. The Labute approximate surface area is 215 Å². The molecule has 0 radical (unpaired) electrons. The van der Waals surface area contributed by atoms with E-state index in [4.69, 9.17) is 28.3 Å². The van der Waals surface area contributed by atoms with E-state index in [1.54, 1.807) is 70.2 Å². The van der Waals surface area contributed by atoms with Crippen molar-refractivity contribution >= 4 is 30.5 Å². The summed E-state index contributed by atoms with van der Waals surface area (Å²) >= 11 is 0. The molecule has 10 nitrogen and oxygen atoms in total. The normalized spacial score (nSPS) is 16.1. The second-order valence-corrected chi connectivity index (χ2v) is 9.16. The number of ether oxygens (including phenoxy) is 4. The molecule has 198 valence electrons. The molecular formula is C26H31BO10. The molecule has 1 aliphatic heterocycles. The van der Waals surface area contributed by atoms with E-state index in [0.717, 1.165) is 0 Å². The molecule has 2 aromatic rings. The number of rotatable bonds is 11. The van der Waals surface area contributed by atoms with Crippen LogP contribution in [0.15, 0.2) is 42.5 Å². The summed E-state index contributed by atoms with van der Waals surface area (Å²) < 4.78 is 33.5. The third-order valence-electron chi connectivity index (χ3n) is 4.93. The van der Waals surface area contributed by atoms with Crippen LogP contribution in [0, 0.1) is 0 Å². The highest BCUT2D eigenvalue weighted by molar-refractivity contribution is 6.65. The largest absolute Gasteiger partial charge is 0.569 e. The quantitative estimate of drug-likeness (QED) is 0.353. The van der Waals surface area contributed by atoms with Crippen LogP contribution in [0.5, 0.6) is 17.2 Å². The minimum Gasteiger partial charge on any atom is -0.504 e. The van der Waals surface area contributed by atoms with Gasteiger partial charge in [0.15, 0.2) is 6.10 Å².